The Balaban J connectivity index is 1.35. The van der Waals surface area contributed by atoms with Crippen molar-refractivity contribution in [1.29, 1.82) is 0 Å². The third-order valence-corrected chi connectivity index (χ3v) is 6.11. The van der Waals surface area contributed by atoms with Crippen LogP contribution in [0.3, 0.4) is 0 Å². The Morgan fingerprint density at radius 2 is 1.81 bits per heavy atom. The number of aliphatic hydroxyl groups excluding tert-OH is 1. The van der Waals surface area contributed by atoms with Crippen LogP contribution < -0.4 is 4.74 Å². The van der Waals surface area contributed by atoms with Crippen LogP contribution in [0.5, 0.6) is 5.75 Å². The Kier molecular flexibility index (Phi) is 6.10. The van der Waals surface area contributed by atoms with E-state index in [4.69, 9.17) is 9.47 Å². The molecule has 3 aliphatic rings. The van der Waals surface area contributed by atoms with E-state index < -0.39 is 0 Å². The molecule has 0 aromatic heterocycles. The van der Waals surface area contributed by atoms with E-state index in [1.54, 1.807) is 0 Å². The molecule has 26 heavy (non-hydrogen) atoms. The smallest absolute Gasteiger partial charge is 0.124 e. The van der Waals surface area contributed by atoms with Crippen LogP contribution in [0.2, 0.25) is 0 Å². The molecule has 0 radical (unpaired) electrons. The van der Waals surface area contributed by atoms with Crippen LogP contribution >= 0.6 is 0 Å². The maximum atomic E-state index is 10.7. The van der Waals surface area contributed by atoms with Crippen LogP contribution in [0.25, 0.3) is 0 Å². The molecule has 0 unspecified atom stereocenters. The summed E-state index contributed by atoms with van der Waals surface area (Å²) in [5.41, 5.74) is 1.25. The van der Waals surface area contributed by atoms with Gasteiger partial charge < -0.3 is 14.6 Å². The summed E-state index contributed by atoms with van der Waals surface area (Å²) in [6.45, 7) is 6.09. The van der Waals surface area contributed by atoms with Crippen molar-refractivity contribution in [2.45, 2.75) is 56.9 Å². The second kappa shape index (κ2) is 8.70. The second-order valence-electron chi connectivity index (χ2n) is 7.94. The van der Waals surface area contributed by atoms with Crippen molar-refractivity contribution in [2.24, 2.45) is 0 Å². The maximum Gasteiger partial charge on any atom is 0.124 e. The first-order valence-corrected chi connectivity index (χ1v) is 10.3. The van der Waals surface area contributed by atoms with Crippen molar-refractivity contribution in [1.82, 2.24) is 9.80 Å². The molecule has 5 nitrogen and oxygen atoms in total. The quantitative estimate of drug-likeness (QED) is 0.873. The number of piperidine rings is 1. The minimum atomic E-state index is -0.287. The first-order valence-electron chi connectivity index (χ1n) is 10.3. The number of nitrogens with zero attached hydrogens (tertiary/aromatic N) is 2. The molecule has 1 N–H and O–H groups in total. The van der Waals surface area contributed by atoms with E-state index in [-0.39, 0.29) is 12.1 Å². The largest absolute Gasteiger partial charge is 0.490 e. The van der Waals surface area contributed by atoms with Crippen LogP contribution in [0.15, 0.2) is 24.3 Å². The lowest BCUT2D eigenvalue weighted by Crippen LogP contribution is -2.56. The molecule has 1 aromatic carbocycles. The Hall–Kier alpha value is -1.14. The molecule has 5 heteroatoms. The van der Waals surface area contributed by atoms with Gasteiger partial charge >= 0.3 is 0 Å². The van der Waals surface area contributed by atoms with Gasteiger partial charge in [0, 0.05) is 44.3 Å². The van der Waals surface area contributed by atoms with E-state index >= 15 is 0 Å². The summed E-state index contributed by atoms with van der Waals surface area (Å²) in [5.74, 6) is 1.03. The van der Waals surface area contributed by atoms with Gasteiger partial charge in [-0.1, -0.05) is 18.2 Å². The zero-order chi connectivity index (χ0) is 17.8. The maximum absolute atomic E-state index is 10.7. The van der Waals surface area contributed by atoms with Crippen molar-refractivity contribution in [3.05, 3.63) is 29.8 Å². The molecule has 2 saturated heterocycles. The third kappa shape index (κ3) is 4.39. The minimum Gasteiger partial charge on any atom is -0.490 e. The number of hydrogen-bond donors (Lipinski definition) is 1. The molecule has 2 heterocycles. The molecular weight excluding hydrogens is 328 g/mol. The number of ether oxygens (including phenoxy) is 2. The number of morpholine rings is 1. The summed E-state index contributed by atoms with van der Waals surface area (Å²) in [7, 11) is 0. The average Bonchev–Trinajstić information content (AvgIpc) is 3.17. The number of benzene rings is 1. The minimum absolute atomic E-state index is 0.278. The fourth-order valence-electron chi connectivity index (χ4n) is 4.64. The van der Waals surface area contributed by atoms with Crippen LogP contribution in [0.1, 0.15) is 37.7 Å². The summed E-state index contributed by atoms with van der Waals surface area (Å²) in [5, 5.41) is 10.7. The van der Waals surface area contributed by atoms with Gasteiger partial charge in [-0.05, 0) is 38.2 Å². The molecule has 0 amide bonds. The molecule has 1 aromatic rings. The molecule has 144 valence electrons. The number of β-amino-alcohol motifs (C(OH)–C–C–N with tert-alkyl or cyclic N) is 1. The fraction of sp³-hybridized carbons (Fsp3) is 0.714. The molecular formula is C21H32N2O3. The molecule has 0 spiro atoms. The number of rotatable bonds is 5. The van der Waals surface area contributed by atoms with E-state index in [0.717, 1.165) is 58.1 Å². The highest BCUT2D eigenvalue weighted by molar-refractivity contribution is 5.33. The summed E-state index contributed by atoms with van der Waals surface area (Å²) in [4.78, 5) is 4.78. The average molecular weight is 360 g/mol. The van der Waals surface area contributed by atoms with Crippen LogP contribution in [-0.4, -0.2) is 72.5 Å². The van der Waals surface area contributed by atoms with E-state index in [2.05, 4.69) is 34.1 Å². The van der Waals surface area contributed by atoms with E-state index in [1.165, 1.54) is 31.2 Å². The predicted octanol–water partition coefficient (Wildman–Crippen LogP) is 2.28. The zero-order valence-corrected chi connectivity index (χ0v) is 15.7. The SMILES string of the molecule is O[C@@H]1CN(Cc2ccccc2OC2CCCC2)CC[C@H]1N1CCOCC1. The number of para-hydroxylation sites is 1. The van der Waals surface area contributed by atoms with Crippen molar-refractivity contribution >= 4 is 0 Å². The Morgan fingerprint density at radius 3 is 2.58 bits per heavy atom. The van der Waals surface area contributed by atoms with Crippen LogP contribution in [0.4, 0.5) is 0 Å². The lowest BCUT2D eigenvalue weighted by atomic mass is 9.99. The van der Waals surface area contributed by atoms with Gasteiger partial charge in [0.05, 0.1) is 25.4 Å². The zero-order valence-electron chi connectivity index (χ0n) is 15.7. The van der Waals surface area contributed by atoms with E-state index in [9.17, 15) is 5.11 Å². The number of hydrogen-bond acceptors (Lipinski definition) is 5. The van der Waals surface area contributed by atoms with Gasteiger partial charge in [0.25, 0.3) is 0 Å². The number of aliphatic hydroxyl groups is 1. The third-order valence-electron chi connectivity index (χ3n) is 6.11. The van der Waals surface area contributed by atoms with Gasteiger partial charge in [-0.25, -0.2) is 0 Å². The summed E-state index contributed by atoms with van der Waals surface area (Å²) in [6, 6.07) is 8.70. The molecule has 2 atom stereocenters. The molecule has 1 saturated carbocycles. The van der Waals surface area contributed by atoms with Crippen molar-refractivity contribution in [2.75, 3.05) is 39.4 Å². The normalized spacial score (nSPS) is 29.1. The standard InChI is InChI=1S/C21H32N2O3/c24-20-16-22(10-9-19(20)23-11-13-25-14-12-23)15-17-5-1-4-8-21(17)26-18-6-2-3-7-18/h1,4-5,8,18-20,24H,2-3,6-7,9-16H2/t19-,20-/m1/s1. The first kappa shape index (κ1) is 18.2. The lowest BCUT2D eigenvalue weighted by Gasteiger charge is -2.43. The van der Waals surface area contributed by atoms with Crippen molar-refractivity contribution in [3.8, 4) is 5.75 Å². The predicted molar refractivity (Wildman–Crippen MR) is 101 cm³/mol. The highest BCUT2D eigenvalue weighted by Gasteiger charge is 2.33. The Bertz CT molecular complexity index is 570. The van der Waals surface area contributed by atoms with Gasteiger partial charge in [0.15, 0.2) is 0 Å². The monoisotopic (exact) mass is 360 g/mol. The summed E-state index contributed by atoms with van der Waals surface area (Å²) >= 11 is 0. The van der Waals surface area contributed by atoms with Gasteiger partial charge in [-0.15, -0.1) is 0 Å². The molecule has 4 rings (SSSR count). The van der Waals surface area contributed by atoms with Crippen molar-refractivity contribution in [3.63, 3.8) is 0 Å². The van der Waals surface area contributed by atoms with Crippen LogP contribution in [0, 0.1) is 0 Å². The highest BCUT2D eigenvalue weighted by atomic mass is 16.5. The molecule has 2 aliphatic heterocycles. The molecule has 0 bridgehead atoms. The van der Waals surface area contributed by atoms with E-state index in [1.807, 2.05) is 0 Å². The summed E-state index contributed by atoms with van der Waals surface area (Å²) < 4.78 is 11.7. The molecule has 3 fully saturated rings. The first-order chi connectivity index (χ1) is 12.8. The van der Waals surface area contributed by atoms with Gasteiger partial charge in [-0.2, -0.15) is 0 Å². The number of likely N-dealkylation sites (tertiary alicyclic amines) is 1. The Morgan fingerprint density at radius 1 is 1.04 bits per heavy atom. The fourth-order valence-corrected chi connectivity index (χ4v) is 4.64. The summed E-state index contributed by atoms with van der Waals surface area (Å²) in [6.07, 6.45) is 6.05. The topological polar surface area (TPSA) is 45.2 Å². The Labute approximate surface area is 156 Å². The van der Waals surface area contributed by atoms with Gasteiger partial charge in [0.2, 0.25) is 0 Å². The van der Waals surface area contributed by atoms with Crippen molar-refractivity contribution < 1.29 is 14.6 Å². The van der Waals surface area contributed by atoms with E-state index in [0.29, 0.717) is 6.10 Å². The van der Waals surface area contributed by atoms with Gasteiger partial charge in [-0.3, -0.25) is 9.80 Å². The van der Waals surface area contributed by atoms with Gasteiger partial charge in [0.1, 0.15) is 5.75 Å². The van der Waals surface area contributed by atoms with Crippen LogP contribution in [-0.2, 0) is 11.3 Å². The second-order valence-corrected chi connectivity index (χ2v) is 7.94. The molecule has 1 aliphatic carbocycles. The lowest BCUT2D eigenvalue weighted by molar-refractivity contribution is -0.0535. The highest BCUT2D eigenvalue weighted by Crippen LogP contribution is 2.28.